The van der Waals surface area contributed by atoms with Gasteiger partial charge >= 0.3 is 6.03 Å². The van der Waals surface area contributed by atoms with Gasteiger partial charge in [0.1, 0.15) is 5.75 Å². The first-order valence-electron chi connectivity index (χ1n) is 7.11. The summed E-state index contributed by atoms with van der Waals surface area (Å²) in [5, 5.41) is 6.12. The van der Waals surface area contributed by atoms with Crippen LogP contribution in [0.15, 0.2) is 24.3 Å². The number of benzene rings is 1. The van der Waals surface area contributed by atoms with E-state index in [0.29, 0.717) is 11.4 Å². The van der Waals surface area contributed by atoms with Gasteiger partial charge in [0.05, 0.1) is 12.8 Å². The average molecular weight is 277 g/mol. The summed E-state index contributed by atoms with van der Waals surface area (Å²) in [4.78, 5) is 14.4. The van der Waals surface area contributed by atoms with Crippen LogP contribution < -0.4 is 15.4 Å². The summed E-state index contributed by atoms with van der Waals surface area (Å²) < 4.78 is 5.26. The SMILES string of the molecule is CNCC1CCCCN1C(=O)Nc1ccccc1OC. The van der Waals surface area contributed by atoms with Crippen molar-refractivity contribution in [1.29, 1.82) is 0 Å². The molecule has 1 fully saturated rings. The number of likely N-dealkylation sites (N-methyl/N-ethyl adjacent to an activating group) is 1. The fourth-order valence-corrected chi connectivity index (χ4v) is 2.65. The van der Waals surface area contributed by atoms with Crippen molar-refractivity contribution in [3.8, 4) is 5.75 Å². The van der Waals surface area contributed by atoms with Crippen molar-refractivity contribution in [3.05, 3.63) is 24.3 Å². The number of carbonyl (C=O) groups excluding carboxylic acids is 1. The highest BCUT2D eigenvalue weighted by molar-refractivity contribution is 5.91. The van der Waals surface area contributed by atoms with Crippen molar-refractivity contribution in [1.82, 2.24) is 10.2 Å². The molecule has 1 saturated heterocycles. The van der Waals surface area contributed by atoms with Crippen LogP contribution in [-0.2, 0) is 0 Å². The van der Waals surface area contributed by atoms with Crippen LogP contribution in [0.3, 0.4) is 0 Å². The molecule has 20 heavy (non-hydrogen) atoms. The summed E-state index contributed by atoms with van der Waals surface area (Å²) in [5.74, 6) is 0.683. The average Bonchev–Trinajstić information content (AvgIpc) is 2.48. The van der Waals surface area contributed by atoms with Gasteiger partial charge in [0.25, 0.3) is 0 Å². The van der Waals surface area contributed by atoms with E-state index in [4.69, 9.17) is 4.74 Å². The topological polar surface area (TPSA) is 53.6 Å². The quantitative estimate of drug-likeness (QED) is 0.888. The number of nitrogens with zero attached hydrogens (tertiary/aromatic N) is 1. The lowest BCUT2D eigenvalue weighted by Crippen LogP contribution is -2.49. The van der Waals surface area contributed by atoms with Crippen LogP contribution in [0.25, 0.3) is 0 Å². The van der Waals surface area contributed by atoms with Gasteiger partial charge in [0.2, 0.25) is 0 Å². The standard InChI is InChI=1S/C15H23N3O2/c1-16-11-12-7-5-6-10-18(12)15(19)17-13-8-3-4-9-14(13)20-2/h3-4,8-9,12,16H,5-7,10-11H2,1-2H3,(H,17,19). The normalized spacial score (nSPS) is 18.7. The van der Waals surface area contributed by atoms with E-state index in [1.54, 1.807) is 7.11 Å². The number of nitrogens with one attached hydrogen (secondary N) is 2. The highest BCUT2D eigenvalue weighted by atomic mass is 16.5. The number of hydrogen-bond acceptors (Lipinski definition) is 3. The van der Waals surface area contributed by atoms with Crippen LogP contribution in [0.1, 0.15) is 19.3 Å². The van der Waals surface area contributed by atoms with Gasteiger partial charge in [-0.3, -0.25) is 0 Å². The first-order valence-corrected chi connectivity index (χ1v) is 7.11. The Kier molecular flexibility index (Phi) is 5.24. The Labute approximate surface area is 120 Å². The number of methoxy groups -OCH3 is 1. The molecule has 0 aliphatic carbocycles. The summed E-state index contributed by atoms with van der Waals surface area (Å²) in [7, 11) is 3.53. The van der Waals surface area contributed by atoms with Crippen molar-refractivity contribution in [2.75, 3.05) is 32.6 Å². The minimum absolute atomic E-state index is 0.0468. The first-order chi connectivity index (χ1) is 9.76. The maximum Gasteiger partial charge on any atom is 0.322 e. The molecule has 0 saturated carbocycles. The Morgan fingerprint density at radius 2 is 2.20 bits per heavy atom. The molecule has 5 heteroatoms. The molecular weight excluding hydrogens is 254 g/mol. The molecule has 1 heterocycles. The molecule has 5 nitrogen and oxygen atoms in total. The molecule has 1 aromatic carbocycles. The van der Waals surface area contributed by atoms with E-state index in [1.807, 2.05) is 36.2 Å². The number of ether oxygens (including phenoxy) is 1. The Morgan fingerprint density at radius 1 is 1.40 bits per heavy atom. The summed E-state index contributed by atoms with van der Waals surface area (Å²) >= 11 is 0. The second-order valence-electron chi connectivity index (χ2n) is 5.03. The van der Waals surface area contributed by atoms with E-state index in [1.165, 1.54) is 6.42 Å². The van der Waals surface area contributed by atoms with E-state index in [0.717, 1.165) is 25.9 Å². The van der Waals surface area contributed by atoms with E-state index in [-0.39, 0.29) is 12.1 Å². The largest absolute Gasteiger partial charge is 0.495 e. The van der Waals surface area contributed by atoms with Gasteiger partial charge in [-0.05, 0) is 38.4 Å². The van der Waals surface area contributed by atoms with Crippen molar-refractivity contribution in [3.63, 3.8) is 0 Å². The number of carbonyl (C=O) groups is 1. The van der Waals surface area contributed by atoms with Crippen molar-refractivity contribution < 1.29 is 9.53 Å². The van der Waals surface area contributed by atoms with Gasteiger partial charge in [0.15, 0.2) is 0 Å². The maximum atomic E-state index is 12.5. The van der Waals surface area contributed by atoms with Gasteiger partial charge in [-0.1, -0.05) is 12.1 Å². The highest BCUT2D eigenvalue weighted by Gasteiger charge is 2.26. The van der Waals surface area contributed by atoms with Crippen molar-refractivity contribution in [2.24, 2.45) is 0 Å². The second kappa shape index (κ2) is 7.14. The molecular formula is C15H23N3O2. The number of amides is 2. The number of likely N-dealkylation sites (tertiary alicyclic amines) is 1. The van der Waals surface area contributed by atoms with E-state index in [2.05, 4.69) is 10.6 Å². The van der Waals surface area contributed by atoms with Gasteiger partial charge in [-0.25, -0.2) is 4.79 Å². The molecule has 110 valence electrons. The van der Waals surface area contributed by atoms with Crippen LogP contribution in [-0.4, -0.2) is 44.2 Å². The predicted molar refractivity (Wildman–Crippen MR) is 80.3 cm³/mol. The van der Waals surface area contributed by atoms with Gasteiger partial charge in [-0.15, -0.1) is 0 Å². The molecule has 2 N–H and O–H groups in total. The predicted octanol–water partition coefficient (Wildman–Crippen LogP) is 2.30. The van der Waals surface area contributed by atoms with Crippen LogP contribution in [0.4, 0.5) is 10.5 Å². The molecule has 2 amide bonds. The van der Waals surface area contributed by atoms with Gasteiger partial charge < -0.3 is 20.3 Å². The fraction of sp³-hybridized carbons (Fsp3) is 0.533. The van der Waals surface area contributed by atoms with Crippen LogP contribution in [0, 0.1) is 0 Å². The Morgan fingerprint density at radius 3 is 2.95 bits per heavy atom. The number of piperidine rings is 1. The van der Waals surface area contributed by atoms with Crippen LogP contribution in [0.2, 0.25) is 0 Å². The molecule has 0 aromatic heterocycles. The lowest BCUT2D eigenvalue weighted by atomic mass is 10.0. The summed E-state index contributed by atoms with van der Waals surface area (Å²) in [5.41, 5.74) is 0.716. The fourth-order valence-electron chi connectivity index (χ4n) is 2.65. The summed E-state index contributed by atoms with van der Waals surface area (Å²) in [6.07, 6.45) is 3.31. The van der Waals surface area contributed by atoms with E-state index < -0.39 is 0 Å². The summed E-state index contributed by atoms with van der Waals surface area (Å²) in [6, 6.07) is 7.70. The lowest BCUT2D eigenvalue weighted by Gasteiger charge is -2.35. The number of anilines is 1. The molecule has 1 atom stereocenters. The molecule has 0 spiro atoms. The minimum Gasteiger partial charge on any atom is -0.495 e. The first kappa shape index (κ1) is 14.7. The molecule has 1 unspecified atom stereocenters. The van der Waals surface area contributed by atoms with Crippen LogP contribution >= 0.6 is 0 Å². The molecule has 1 aliphatic heterocycles. The Balaban J connectivity index is 2.06. The molecule has 1 aliphatic rings. The number of rotatable bonds is 4. The molecule has 1 aromatic rings. The third kappa shape index (κ3) is 3.42. The molecule has 0 bridgehead atoms. The number of hydrogen-bond donors (Lipinski definition) is 2. The number of urea groups is 1. The zero-order chi connectivity index (χ0) is 14.4. The minimum atomic E-state index is -0.0468. The second-order valence-corrected chi connectivity index (χ2v) is 5.03. The van der Waals surface area contributed by atoms with Crippen molar-refractivity contribution >= 4 is 11.7 Å². The van der Waals surface area contributed by atoms with E-state index >= 15 is 0 Å². The zero-order valence-electron chi connectivity index (χ0n) is 12.2. The third-order valence-corrected chi connectivity index (χ3v) is 3.68. The zero-order valence-corrected chi connectivity index (χ0v) is 12.2. The molecule has 2 rings (SSSR count). The number of para-hydroxylation sites is 2. The highest BCUT2D eigenvalue weighted by Crippen LogP contribution is 2.24. The lowest BCUT2D eigenvalue weighted by molar-refractivity contribution is 0.162. The third-order valence-electron chi connectivity index (χ3n) is 3.68. The van der Waals surface area contributed by atoms with Gasteiger partial charge in [-0.2, -0.15) is 0 Å². The van der Waals surface area contributed by atoms with Crippen molar-refractivity contribution in [2.45, 2.75) is 25.3 Å². The Bertz CT molecular complexity index is 448. The van der Waals surface area contributed by atoms with Crippen LogP contribution in [0.5, 0.6) is 5.75 Å². The Hall–Kier alpha value is -1.75. The molecule has 0 radical (unpaired) electrons. The smallest absolute Gasteiger partial charge is 0.322 e. The monoisotopic (exact) mass is 277 g/mol. The summed E-state index contributed by atoms with van der Waals surface area (Å²) in [6.45, 7) is 1.65. The van der Waals surface area contributed by atoms with E-state index in [9.17, 15) is 4.79 Å². The maximum absolute atomic E-state index is 12.5. The van der Waals surface area contributed by atoms with Gasteiger partial charge in [0, 0.05) is 19.1 Å².